The van der Waals surface area contributed by atoms with Crippen LogP contribution in [0.15, 0.2) is 15.6 Å². The van der Waals surface area contributed by atoms with E-state index in [1.807, 2.05) is 0 Å². The van der Waals surface area contributed by atoms with E-state index >= 15 is 0 Å². The van der Waals surface area contributed by atoms with Gasteiger partial charge in [0.05, 0.1) is 18.6 Å². The molecule has 0 aliphatic heterocycles. The molecule has 0 fully saturated rings. The number of aryl methyl sites for hydroxylation is 2. The number of tetrazole rings is 1. The van der Waals surface area contributed by atoms with Gasteiger partial charge in [-0.05, 0) is 33.3 Å². The molecule has 0 spiro atoms. The van der Waals surface area contributed by atoms with Crippen molar-refractivity contribution in [2.75, 3.05) is 0 Å². The molecule has 0 aliphatic carbocycles. The fourth-order valence-electron chi connectivity index (χ4n) is 1.19. The maximum absolute atomic E-state index is 11.8. The Bertz CT molecular complexity index is 574. The van der Waals surface area contributed by atoms with Crippen LogP contribution in [-0.2, 0) is 13.6 Å². The number of aromatic nitrogens is 6. The number of halogens is 1. The first-order chi connectivity index (χ1) is 7.59. The summed E-state index contributed by atoms with van der Waals surface area (Å²) in [5.41, 5.74) is 0.521. The molecule has 7 nitrogen and oxygen atoms in total. The maximum atomic E-state index is 11.8. The molecule has 0 saturated heterocycles. The molecule has 0 saturated carbocycles. The topological polar surface area (TPSA) is 78.5 Å². The van der Waals surface area contributed by atoms with Crippen molar-refractivity contribution < 1.29 is 0 Å². The summed E-state index contributed by atoms with van der Waals surface area (Å²) < 4.78 is 3.42. The monoisotopic (exact) mass is 284 g/mol. The van der Waals surface area contributed by atoms with E-state index in [-0.39, 0.29) is 5.56 Å². The van der Waals surface area contributed by atoms with Crippen LogP contribution in [0.5, 0.6) is 0 Å². The van der Waals surface area contributed by atoms with Gasteiger partial charge in [-0.3, -0.25) is 9.36 Å². The quantitative estimate of drug-likeness (QED) is 0.769. The highest BCUT2D eigenvalue weighted by Crippen LogP contribution is 2.06. The van der Waals surface area contributed by atoms with Crippen LogP contribution in [0.2, 0.25) is 0 Å². The number of nitrogens with zero attached hydrogens (tertiary/aromatic N) is 6. The first-order valence-corrected chi connectivity index (χ1v) is 5.31. The summed E-state index contributed by atoms with van der Waals surface area (Å²) in [6.07, 6.45) is 1.48. The van der Waals surface area contributed by atoms with Gasteiger partial charge in [0.15, 0.2) is 5.82 Å². The van der Waals surface area contributed by atoms with Crippen molar-refractivity contribution in [3.05, 3.63) is 32.7 Å². The van der Waals surface area contributed by atoms with E-state index < -0.39 is 0 Å². The zero-order chi connectivity index (χ0) is 11.7. The molecule has 0 amide bonds. The molecule has 2 aromatic heterocycles. The molecule has 0 unspecified atom stereocenters. The van der Waals surface area contributed by atoms with E-state index in [4.69, 9.17) is 0 Å². The number of hydrogen-bond acceptors (Lipinski definition) is 5. The predicted molar refractivity (Wildman–Crippen MR) is 58.8 cm³/mol. The summed E-state index contributed by atoms with van der Waals surface area (Å²) in [7, 11) is 1.72. The third kappa shape index (κ3) is 1.87. The lowest BCUT2D eigenvalue weighted by Gasteiger charge is -2.05. The van der Waals surface area contributed by atoms with Crippen LogP contribution in [0.25, 0.3) is 0 Å². The Labute approximate surface area is 99.2 Å². The van der Waals surface area contributed by atoms with Crippen molar-refractivity contribution in [1.29, 1.82) is 0 Å². The van der Waals surface area contributed by atoms with Crippen LogP contribution < -0.4 is 5.56 Å². The van der Waals surface area contributed by atoms with Crippen LogP contribution in [0.3, 0.4) is 0 Å². The molecule has 84 valence electrons. The Hall–Kier alpha value is -1.57. The van der Waals surface area contributed by atoms with Crippen molar-refractivity contribution in [1.82, 2.24) is 29.8 Å². The fourth-order valence-corrected chi connectivity index (χ4v) is 1.52. The third-order valence-corrected chi connectivity index (χ3v) is 3.09. The summed E-state index contributed by atoms with van der Waals surface area (Å²) in [6.45, 7) is 2.06. The first kappa shape index (κ1) is 10.9. The van der Waals surface area contributed by atoms with Crippen LogP contribution in [0.1, 0.15) is 11.5 Å². The molecular weight excluding hydrogens is 276 g/mol. The summed E-state index contributed by atoms with van der Waals surface area (Å²) in [5, 5.41) is 11.0. The molecule has 2 rings (SSSR count). The Morgan fingerprint density at radius 2 is 2.25 bits per heavy atom. The van der Waals surface area contributed by atoms with Gasteiger partial charge in [-0.2, -0.15) is 0 Å². The average molecular weight is 285 g/mol. The molecule has 0 radical (unpaired) electrons. The maximum Gasteiger partial charge on any atom is 0.268 e. The van der Waals surface area contributed by atoms with Gasteiger partial charge in [0.25, 0.3) is 5.56 Å². The van der Waals surface area contributed by atoms with E-state index in [1.54, 1.807) is 14.0 Å². The second-order valence-electron chi connectivity index (χ2n) is 3.30. The van der Waals surface area contributed by atoms with E-state index in [2.05, 4.69) is 36.4 Å². The summed E-state index contributed by atoms with van der Waals surface area (Å²) in [4.78, 5) is 15.9. The van der Waals surface area contributed by atoms with Crippen molar-refractivity contribution in [2.45, 2.75) is 13.5 Å². The lowest BCUT2D eigenvalue weighted by molar-refractivity contribution is 0.625. The lowest BCUT2D eigenvalue weighted by Crippen LogP contribution is -2.24. The first-order valence-electron chi connectivity index (χ1n) is 4.52. The van der Waals surface area contributed by atoms with E-state index in [0.29, 0.717) is 22.5 Å². The van der Waals surface area contributed by atoms with Crippen molar-refractivity contribution >= 4 is 15.9 Å². The van der Waals surface area contributed by atoms with Crippen molar-refractivity contribution in [3.63, 3.8) is 0 Å². The van der Waals surface area contributed by atoms with Crippen LogP contribution in [-0.4, -0.2) is 29.8 Å². The van der Waals surface area contributed by atoms with E-state index in [0.717, 1.165) is 0 Å². The molecule has 0 aromatic carbocycles. The minimum Gasteiger partial charge on any atom is -0.290 e. The van der Waals surface area contributed by atoms with Gasteiger partial charge in [-0.25, -0.2) is 9.67 Å². The number of rotatable bonds is 2. The molecular formula is C8H9BrN6O. The molecule has 0 atom stereocenters. The SMILES string of the molecule is Cc1ncn(Cc2nnnn2C)c(=O)c1Br. The van der Waals surface area contributed by atoms with Crippen LogP contribution in [0, 0.1) is 6.92 Å². The Morgan fingerprint density at radius 1 is 1.50 bits per heavy atom. The van der Waals surface area contributed by atoms with Gasteiger partial charge in [0.1, 0.15) is 4.47 Å². The zero-order valence-electron chi connectivity index (χ0n) is 8.75. The molecule has 16 heavy (non-hydrogen) atoms. The highest BCUT2D eigenvalue weighted by atomic mass is 79.9. The highest BCUT2D eigenvalue weighted by Gasteiger charge is 2.08. The summed E-state index contributed by atoms with van der Waals surface area (Å²) in [5.74, 6) is 0.597. The van der Waals surface area contributed by atoms with Gasteiger partial charge in [-0.15, -0.1) is 5.10 Å². The lowest BCUT2D eigenvalue weighted by atomic mass is 10.4. The molecule has 0 N–H and O–H groups in total. The largest absolute Gasteiger partial charge is 0.290 e. The van der Waals surface area contributed by atoms with Gasteiger partial charge in [0, 0.05) is 7.05 Å². The van der Waals surface area contributed by atoms with Crippen molar-refractivity contribution in [3.8, 4) is 0 Å². The summed E-state index contributed by atoms with van der Waals surface area (Å²) in [6, 6.07) is 0. The predicted octanol–water partition coefficient (Wildman–Crippen LogP) is -0.114. The minimum atomic E-state index is -0.143. The minimum absolute atomic E-state index is 0.143. The average Bonchev–Trinajstić information content (AvgIpc) is 2.65. The second kappa shape index (κ2) is 4.12. The van der Waals surface area contributed by atoms with E-state index in [1.165, 1.54) is 15.6 Å². The van der Waals surface area contributed by atoms with Gasteiger partial charge in [0.2, 0.25) is 0 Å². The Kier molecular flexibility index (Phi) is 2.82. The van der Waals surface area contributed by atoms with E-state index in [9.17, 15) is 4.79 Å². The molecule has 2 aromatic rings. The van der Waals surface area contributed by atoms with Gasteiger partial charge in [-0.1, -0.05) is 0 Å². The normalized spacial score (nSPS) is 10.7. The fraction of sp³-hybridized carbons (Fsp3) is 0.375. The highest BCUT2D eigenvalue weighted by molar-refractivity contribution is 9.10. The number of hydrogen-bond donors (Lipinski definition) is 0. The molecule has 8 heteroatoms. The zero-order valence-corrected chi connectivity index (χ0v) is 10.3. The molecule has 0 bridgehead atoms. The van der Waals surface area contributed by atoms with Crippen molar-refractivity contribution in [2.24, 2.45) is 7.05 Å². The standard InChI is InChI=1S/C8H9BrN6O/c1-5-7(9)8(16)15(4-10-5)3-6-11-12-13-14(6)2/h4H,3H2,1-2H3. The molecule has 0 aliphatic rings. The Morgan fingerprint density at radius 3 is 2.88 bits per heavy atom. The van der Waals surface area contributed by atoms with Crippen LogP contribution >= 0.6 is 15.9 Å². The van der Waals surface area contributed by atoms with Gasteiger partial charge < -0.3 is 0 Å². The third-order valence-electron chi connectivity index (χ3n) is 2.18. The van der Waals surface area contributed by atoms with Crippen LogP contribution in [0.4, 0.5) is 0 Å². The second-order valence-corrected chi connectivity index (χ2v) is 4.09. The molecule has 2 heterocycles. The van der Waals surface area contributed by atoms with Gasteiger partial charge >= 0.3 is 0 Å². The smallest absolute Gasteiger partial charge is 0.268 e. The summed E-state index contributed by atoms with van der Waals surface area (Å²) >= 11 is 3.20. The Balaban J connectivity index is 2.40.